The lowest BCUT2D eigenvalue weighted by Gasteiger charge is -2.11. The van der Waals surface area contributed by atoms with Gasteiger partial charge in [0, 0.05) is 12.5 Å². The highest BCUT2D eigenvalue weighted by Crippen LogP contribution is 2.26. The van der Waals surface area contributed by atoms with Gasteiger partial charge >= 0.3 is 0 Å². The summed E-state index contributed by atoms with van der Waals surface area (Å²) in [5.41, 5.74) is 1.34. The molecule has 0 aliphatic rings. The molecule has 0 fully saturated rings. The molecule has 0 aliphatic carbocycles. The van der Waals surface area contributed by atoms with Crippen LogP contribution in [0.4, 0.5) is 5.69 Å². The summed E-state index contributed by atoms with van der Waals surface area (Å²) in [6.45, 7) is 6.79. The number of anilines is 1. The summed E-state index contributed by atoms with van der Waals surface area (Å²) < 4.78 is 0. The van der Waals surface area contributed by atoms with Crippen LogP contribution in [-0.2, 0) is 4.79 Å². The first-order valence-electron chi connectivity index (χ1n) is 6.26. The minimum absolute atomic E-state index is 0.0697. The zero-order valence-corrected chi connectivity index (χ0v) is 12.9. The number of aromatic nitrogens is 1. The van der Waals surface area contributed by atoms with Gasteiger partial charge in [-0.15, -0.1) is 0 Å². The summed E-state index contributed by atoms with van der Waals surface area (Å²) in [6.07, 6.45) is 1.22. The number of aryl methyl sites for hydroxylation is 1. The molecule has 0 saturated heterocycles. The van der Waals surface area contributed by atoms with E-state index in [4.69, 9.17) is 23.2 Å². The average Bonchev–Trinajstić information content (AvgIpc) is 2.29. The van der Waals surface area contributed by atoms with E-state index >= 15 is 0 Å². The SMILES string of the molecule is Cc1cc(Cl)nc(Cl)c1NC(=O)CCCNC(C)C. The van der Waals surface area contributed by atoms with Crippen LogP contribution in [0.25, 0.3) is 0 Å². The molecule has 1 heterocycles. The van der Waals surface area contributed by atoms with Crippen molar-refractivity contribution in [3.63, 3.8) is 0 Å². The van der Waals surface area contributed by atoms with Crippen molar-refractivity contribution in [2.24, 2.45) is 0 Å². The summed E-state index contributed by atoms with van der Waals surface area (Å²) in [6, 6.07) is 2.10. The Labute approximate surface area is 123 Å². The van der Waals surface area contributed by atoms with E-state index in [1.54, 1.807) is 6.07 Å². The molecule has 1 amide bonds. The van der Waals surface area contributed by atoms with Gasteiger partial charge in [0.1, 0.15) is 5.15 Å². The maximum absolute atomic E-state index is 11.8. The Morgan fingerprint density at radius 1 is 1.42 bits per heavy atom. The number of hydrogen-bond donors (Lipinski definition) is 2. The van der Waals surface area contributed by atoms with Crippen molar-refractivity contribution < 1.29 is 4.79 Å². The van der Waals surface area contributed by atoms with Gasteiger partial charge in [0.05, 0.1) is 5.69 Å². The monoisotopic (exact) mass is 303 g/mol. The van der Waals surface area contributed by atoms with Crippen molar-refractivity contribution in [2.45, 2.75) is 39.7 Å². The minimum atomic E-state index is -0.0697. The molecule has 2 N–H and O–H groups in total. The molecule has 4 nitrogen and oxygen atoms in total. The number of amides is 1. The highest BCUT2D eigenvalue weighted by molar-refractivity contribution is 6.34. The van der Waals surface area contributed by atoms with Gasteiger partial charge in [-0.2, -0.15) is 0 Å². The number of hydrogen-bond acceptors (Lipinski definition) is 3. The van der Waals surface area contributed by atoms with Crippen molar-refractivity contribution in [1.82, 2.24) is 10.3 Å². The van der Waals surface area contributed by atoms with Crippen LogP contribution >= 0.6 is 23.2 Å². The van der Waals surface area contributed by atoms with E-state index in [1.807, 2.05) is 6.92 Å². The second-order valence-corrected chi connectivity index (χ2v) is 5.43. The molecule has 0 aromatic carbocycles. The largest absolute Gasteiger partial charge is 0.323 e. The molecular formula is C13H19Cl2N3O. The smallest absolute Gasteiger partial charge is 0.224 e. The second-order valence-electron chi connectivity index (χ2n) is 4.69. The van der Waals surface area contributed by atoms with Crippen LogP contribution in [0.5, 0.6) is 0 Å². The Morgan fingerprint density at radius 2 is 2.11 bits per heavy atom. The van der Waals surface area contributed by atoms with E-state index < -0.39 is 0 Å². The summed E-state index contributed by atoms with van der Waals surface area (Å²) in [5.74, 6) is -0.0697. The van der Waals surface area contributed by atoms with Crippen LogP contribution in [0.1, 0.15) is 32.3 Å². The molecular weight excluding hydrogens is 285 g/mol. The van der Waals surface area contributed by atoms with E-state index in [1.165, 1.54) is 0 Å². The van der Waals surface area contributed by atoms with Crippen molar-refractivity contribution in [2.75, 3.05) is 11.9 Å². The Bertz CT molecular complexity index is 427. The van der Waals surface area contributed by atoms with E-state index in [9.17, 15) is 4.79 Å². The van der Waals surface area contributed by atoms with Crippen molar-refractivity contribution in [1.29, 1.82) is 0 Å². The number of nitrogens with zero attached hydrogens (tertiary/aromatic N) is 1. The van der Waals surface area contributed by atoms with Crippen molar-refractivity contribution in [3.05, 3.63) is 21.9 Å². The van der Waals surface area contributed by atoms with Gasteiger partial charge in [-0.05, 0) is 31.5 Å². The van der Waals surface area contributed by atoms with Gasteiger partial charge in [0.15, 0.2) is 5.15 Å². The van der Waals surface area contributed by atoms with Gasteiger partial charge in [-0.1, -0.05) is 37.0 Å². The van der Waals surface area contributed by atoms with Crippen molar-refractivity contribution in [3.8, 4) is 0 Å². The maximum atomic E-state index is 11.8. The minimum Gasteiger partial charge on any atom is -0.323 e. The van der Waals surface area contributed by atoms with Crippen LogP contribution < -0.4 is 10.6 Å². The topological polar surface area (TPSA) is 54.0 Å². The van der Waals surface area contributed by atoms with Crippen molar-refractivity contribution >= 4 is 34.8 Å². The Hall–Kier alpha value is -0.840. The van der Waals surface area contributed by atoms with Gasteiger partial charge in [-0.25, -0.2) is 4.98 Å². The van der Waals surface area contributed by atoms with Crippen LogP contribution in [0.15, 0.2) is 6.07 Å². The summed E-state index contributed by atoms with van der Waals surface area (Å²) in [5, 5.41) is 6.58. The lowest BCUT2D eigenvalue weighted by atomic mass is 10.2. The first-order chi connectivity index (χ1) is 8.90. The molecule has 0 spiro atoms. The fourth-order valence-electron chi connectivity index (χ4n) is 1.59. The molecule has 0 unspecified atom stereocenters. The number of carbonyl (C=O) groups excluding carboxylic acids is 1. The highest BCUT2D eigenvalue weighted by Gasteiger charge is 2.10. The molecule has 19 heavy (non-hydrogen) atoms. The van der Waals surface area contributed by atoms with Gasteiger partial charge in [0.2, 0.25) is 5.91 Å². The molecule has 1 rings (SSSR count). The summed E-state index contributed by atoms with van der Waals surface area (Å²) in [7, 11) is 0. The van der Waals surface area contributed by atoms with Gasteiger partial charge in [0.25, 0.3) is 0 Å². The van der Waals surface area contributed by atoms with Gasteiger partial charge < -0.3 is 10.6 Å². The molecule has 6 heteroatoms. The standard InChI is InChI=1S/C13H19Cl2N3O/c1-8(2)16-6-4-5-11(19)18-12-9(3)7-10(14)17-13(12)15/h7-8,16H,4-6H2,1-3H3,(H,18,19). The molecule has 106 valence electrons. The first kappa shape index (κ1) is 16.2. The number of rotatable bonds is 6. The number of carbonyl (C=O) groups is 1. The molecule has 1 aromatic heterocycles. The van der Waals surface area contributed by atoms with E-state index in [-0.39, 0.29) is 11.1 Å². The number of nitrogens with one attached hydrogen (secondary N) is 2. The number of halogens is 2. The zero-order chi connectivity index (χ0) is 14.4. The Balaban J connectivity index is 2.49. The lowest BCUT2D eigenvalue weighted by Crippen LogP contribution is -2.24. The molecule has 0 radical (unpaired) electrons. The third kappa shape index (κ3) is 5.76. The van der Waals surface area contributed by atoms with Crippen LogP contribution in [0.2, 0.25) is 10.3 Å². The summed E-state index contributed by atoms with van der Waals surface area (Å²) in [4.78, 5) is 15.7. The fourth-order valence-corrected chi connectivity index (χ4v) is 2.17. The molecule has 0 saturated carbocycles. The average molecular weight is 304 g/mol. The normalized spacial score (nSPS) is 10.8. The Kier molecular flexibility index (Phi) is 6.55. The van der Waals surface area contributed by atoms with Gasteiger partial charge in [-0.3, -0.25) is 4.79 Å². The fraction of sp³-hybridized carbons (Fsp3) is 0.538. The molecule has 0 aliphatic heterocycles. The third-order valence-electron chi connectivity index (χ3n) is 2.54. The van der Waals surface area contributed by atoms with E-state index in [0.717, 1.165) is 18.5 Å². The zero-order valence-electron chi connectivity index (χ0n) is 11.4. The quantitative estimate of drug-likeness (QED) is 0.625. The van der Waals surface area contributed by atoms with Crippen LogP contribution in [0, 0.1) is 6.92 Å². The lowest BCUT2D eigenvalue weighted by molar-refractivity contribution is -0.116. The van der Waals surface area contributed by atoms with Crippen LogP contribution in [0.3, 0.4) is 0 Å². The molecule has 0 atom stereocenters. The first-order valence-corrected chi connectivity index (χ1v) is 7.01. The Morgan fingerprint density at radius 3 is 2.68 bits per heavy atom. The highest BCUT2D eigenvalue weighted by atomic mass is 35.5. The predicted molar refractivity (Wildman–Crippen MR) is 80.0 cm³/mol. The number of pyridine rings is 1. The van der Waals surface area contributed by atoms with Crippen LogP contribution in [-0.4, -0.2) is 23.5 Å². The molecule has 0 bridgehead atoms. The second kappa shape index (κ2) is 7.68. The predicted octanol–water partition coefficient (Wildman–Crippen LogP) is 3.41. The third-order valence-corrected chi connectivity index (χ3v) is 3.01. The maximum Gasteiger partial charge on any atom is 0.224 e. The van der Waals surface area contributed by atoms with E-state index in [0.29, 0.717) is 23.3 Å². The van der Waals surface area contributed by atoms with E-state index in [2.05, 4.69) is 29.5 Å². The summed E-state index contributed by atoms with van der Waals surface area (Å²) >= 11 is 11.7. The molecule has 1 aromatic rings.